The number of para-hydroxylation sites is 1. The molecular formula is C22H22N2O6S. The van der Waals surface area contributed by atoms with Crippen molar-refractivity contribution in [3.8, 4) is 17.2 Å². The van der Waals surface area contributed by atoms with Crippen LogP contribution in [0.15, 0.2) is 71.6 Å². The summed E-state index contributed by atoms with van der Waals surface area (Å²) >= 11 is 0. The molecule has 0 spiro atoms. The topological polar surface area (TPSA) is 103 Å². The number of hydrogen-bond acceptors (Lipinski definition) is 6. The number of rotatable bonds is 8. The lowest BCUT2D eigenvalue weighted by atomic mass is 10.1. The van der Waals surface area contributed by atoms with Gasteiger partial charge in [-0.2, -0.15) is 0 Å². The Bertz CT molecular complexity index is 1180. The standard InChI is InChI=1S/C22H22N2O6S/c1-28-16-10-8-15(9-11-16)23-22(25)18-6-4-5-7-19(18)24-31(26,27)17-12-13-20(29-2)21(14-17)30-3/h4-14,24H,1-3H3,(H,23,25). The molecule has 0 aliphatic heterocycles. The van der Waals surface area contributed by atoms with Crippen molar-refractivity contribution in [2.45, 2.75) is 4.90 Å². The Balaban J connectivity index is 1.86. The van der Waals surface area contributed by atoms with Gasteiger partial charge in [-0.05, 0) is 48.5 Å². The van der Waals surface area contributed by atoms with Gasteiger partial charge in [-0.25, -0.2) is 8.42 Å². The SMILES string of the molecule is COc1ccc(NC(=O)c2ccccc2NS(=O)(=O)c2ccc(OC)c(OC)c2)cc1. The Kier molecular flexibility index (Phi) is 6.66. The van der Waals surface area contributed by atoms with Crippen LogP contribution in [0.2, 0.25) is 0 Å². The maximum Gasteiger partial charge on any atom is 0.262 e. The number of carbonyl (C=O) groups is 1. The number of sulfonamides is 1. The highest BCUT2D eigenvalue weighted by molar-refractivity contribution is 7.92. The van der Waals surface area contributed by atoms with E-state index in [1.165, 1.54) is 44.6 Å². The van der Waals surface area contributed by atoms with Crippen molar-refractivity contribution in [3.05, 3.63) is 72.3 Å². The van der Waals surface area contributed by atoms with Crippen LogP contribution in [0.5, 0.6) is 17.2 Å². The van der Waals surface area contributed by atoms with Crippen LogP contribution in [0, 0.1) is 0 Å². The van der Waals surface area contributed by atoms with Crippen molar-refractivity contribution in [3.63, 3.8) is 0 Å². The number of benzene rings is 3. The van der Waals surface area contributed by atoms with Crippen LogP contribution in [0.1, 0.15) is 10.4 Å². The molecule has 0 radical (unpaired) electrons. The number of hydrogen-bond donors (Lipinski definition) is 2. The summed E-state index contributed by atoms with van der Waals surface area (Å²) in [5.41, 5.74) is 0.856. The fourth-order valence-electron chi connectivity index (χ4n) is 2.83. The summed E-state index contributed by atoms with van der Waals surface area (Å²) in [6.45, 7) is 0. The van der Waals surface area contributed by atoms with E-state index in [0.717, 1.165) is 0 Å². The third kappa shape index (κ3) is 5.07. The monoisotopic (exact) mass is 442 g/mol. The summed E-state index contributed by atoms with van der Waals surface area (Å²) in [7, 11) is 0.436. The lowest BCUT2D eigenvalue weighted by molar-refractivity contribution is 0.102. The zero-order valence-electron chi connectivity index (χ0n) is 17.2. The number of anilines is 2. The molecule has 0 unspecified atom stereocenters. The molecular weight excluding hydrogens is 420 g/mol. The number of methoxy groups -OCH3 is 3. The molecule has 3 aromatic carbocycles. The van der Waals surface area contributed by atoms with Crippen LogP contribution in [0.25, 0.3) is 0 Å². The molecule has 9 heteroatoms. The zero-order chi connectivity index (χ0) is 22.4. The third-order valence-corrected chi connectivity index (χ3v) is 5.79. The van der Waals surface area contributed by atoms with E-state index in [4.69, 9.17) is 14.2 Å². The number of nitrogens with one attached hydrogen (secondary N) is 2. The molecule has 162 valence electrons. The third-order valence-electron chi connectivity index (χ3n) is 4.43. The van der Waals surface area contributed by atoms with E-state index in [-0.39, 0.29) is 21.9 Å². The molecule has 1 amide bonds. The first-order chi connectivity index (χ1) is 14.9. The highest BCUT2D eigenvalue weighted by Crippen LogP contribution is 2.30. The van der Waals surface area contributed by atoms with E-state index in [1.807, 2.05) is 0 Å². The van der Waals surface area contributed by atoms with Gasteiger partial charge < -0.3 is 19.5 Å². The average molecular weight is 442 g/mol. The second kappa shape index (κ2) is 9.40. The van der Waals surface area contributed by atoms with Gasteiger partial charge in [0, 0.05) is 11.8 Å². The first-order valence-corrected chi connectivity index (χ1v) is 10.7. The van der Waals surface area contributed by atoms with Gasteiger partial charge in [0.2, 0.25) is 0 Å². The first-order valence-electron chi connectivity index (χ1n) is 9.17. The van der Waals surface area contributed by atoms with E-state index in [0.29, 0.717) is 17.2 Å². The molecule has 0 saturated carbocycles. The molecule has 0 fully saturated rings. The van der Waals surface area contributed by atoms with Gasteiger partial charge in [0.25, 0.3) is 15.9 Å². The second-order valence-electron chi connectivity index (χ2n) is 6.35. The summed E-state index contributed by atoms with van der Waals surface area (Å²) in [5, 5.41) is 2.74. The first kappa shape index (κ1) is 22.0. The molecule has 0 saturated heterocycles. The quantitative estimate of drug-likeness (QED) is 0.551. The van der Waals surface area contributed by atoms with Crippen molar-refractivity contribution in [2.24, 2.45) is 0 Å². The lowest BCUT2D eigenvalue weighted by Crippen LogP contribution is -2.18. The molecule has 0 atom stereocenters. The van der Waals surface area contributed by atoms with Crippen LogP contribution in [0.4, 0.5) is 11.4 Å². The molecule has 3 aromatic rings. The Morgan fingerprint density at radius 3 is 2.13 bits per heavy atom. The molecule has 0 bridgehead atoms. The fraction of sp³-hybridized carbons (Fsp3) is 0.136. The van der Waals surface area contributed by atoms with Crippen LogP contribution < -0.4 is 24.2 Å². The smallest absolute Gasteiger partial charge is 0.262 e. The van der Waals surface area contributed by atoms with Gasteiger partial charge in [-0.3, -0.25) is 9.52 Å². The van der Waals surface area contributed by atoms with Crippen molar-refractivity contribution < 1.29 is 27.4 Å². The number of ether oxygens (including phenoxy) is 3. The van der Waals surface area contributed by atoms with E-state index >= 15 is 0 Å². The minimum absolute atomic E-state index is 0.0319. The molecule has 0 aliphatic carbocycles. The number of amides is 1. The minimum Gasteiger partial charge on any atom is -0.497 e. The molecule has 3 rings (SSSR count). The summed E-state index contributed by atoms with van der Waals surface area (Å²) in [6, 6.07) is 17.4. The Morgan fingerprint density at radius 1 is 0.806 bits per heavy atom. The van der Waals surface area contributed by atoms with Gasteiger partial charge in [-0.1, -0.05) is 12.1 Å². The Hall–Kier alpha value is -3.72. The largest absolute Gasteiger partial charge is 0.497 e. The van der Waals surface area contributed by atoms with E-state index in [2.05, 4.69) is 10.0 Å². The maximum atomic E-state index is 12.9. The second-order valence-corrected chi connectivity index (χ2v) is 8.03. The minimum atomic E-state index is -3.99. The van der Waals surface area contributed by atoms with Gasteiger partial charge >= 0.3 is 0 Å². The summed E-state index contributed by atoms with van der Waals surface area (Å²) in [4.78, 5) is 12.8. The van der Waals surface area contributed by atoms with Gasteiger partial charge in [-0.15, -0.1) is 0 Å². The van der Waals surface area contributed by atoms with Gasteiger partial charge in [0.1, 0.15) is 5.75 Å². The number of carbonyl (C=O) groups excluding carboxylic acids is 1. The average Bonchev–Trinajstić information content (AvgIpc) is 2.79. The van der Waals surface area contributed by atoms with Crippen molar-refractivity contribution >= 4 is 27.3 Å². The van der Waals surface area contributed by atoms with Crippen LogP contribution >= 0.6 is 0 Å². The maximum absolute atomic E-state index is 12.9. The molecule has 31 heavy (non-hydrogen) atoms. The molecule has 0 aromatic heterocycles. The van der Waals surface area contributed by atoms with E-state index in [9.17, 15) is 13.2 Å². The normalized spacial score (nSPS) is 10.8. The molecule has 8 nitrogen and oxygen atoms in total. The summed E-state index contributed by atoms with van der Waals surface area (Å²) in [6.07, 6.45) is 0. The lowest BCUT2D eigenvalue weighted by Gasteiger charge is -2.14. The Labute approximate surface area is 180 Å². The zero-order valence-corrected chi connectivity index (χ0v) is 18.0. The predicted molar refractivity (Wildman–Crippen MR) is 118 cm³/mol. The van der Waals surface area contributed by atoms with Crippen molar-refractivity contribution in [1.82, 2.24) is 0 Å². The van der Waals surface area contributed by atoms with E-state index in [1.54, 1.807) is 43.5 Å². The Morgan fingerprint density at radius 2 is 1.48 bits per heavy atom. The highest BCUT2D eigenvalue weighted by Gasteiger charge is 2.20. The van der Waals surface area contributed by atoms with Crippen LogP contribution in [0.3, 0.4) is 0 Å². The predicted octanol–water partition coefficient (Wildman–Crippen LogP) is 3.77. The molecule has 0 heterocycles. The van der Waals surface area contributed by atoms with Crippen molar-refractivity contribution in [1.29, 1.82) is 0 Å². The highest BCUT2D eigenvalue weighted by atomic mass is 32.2. The van der Waals surface area contributed by atoms with Gasteiger partial charge in [0.15, 0.2) is 11.5 Å². The van der Waals surface area contributed by atoms with Gasteiger partial charge in [0.05, 0.1) is 37.5 Å². The van der Waals surface area contributed by atoms with Crippen LogP contribution in [-0.2, 0) is 10.0 Å². The molecule has 0 aliphatic rings. The summed E-state index contributed by atoms with van der Waals surface area (Å²) < 4.78 is 43.7. The summed E-state index contributed by atoms with van der Waals surface area (Å²) in [5.74, 6) is 0.869. The van der Waals surface area contributed by atoms with E-state index < -0.39 is 15.9 Å². The van der Waals surface area contributed by atoms with Crippen molar-refractivity contribution in [2.75, 3.05) is 31.4 Å². The fourth-order valence-corrected chi connectivity index (χ4v) is 3.93. The van der Waals surface area contributed by atoms with Crippen LogP contribution in [-0.4, -0.2) is 35.7 Å². The molecule has 2 N–H and O–H groups in total.